The number of hydrogen-bond acceptors (Lipinski definition) is 3. The number of quaternary nitrogens is 1. The molecule has 0 atom stereocenters. The van der Waals surface area contributed by atoms with Crippen LogP contribution in [0.3, 0.4) is 0 Å². The molecule has 0 saturated carbocycles. The van der Waals surface area contributed by atoms with Crippen LogP contribution in [0.5, 0.6) is 5.75 Å². The van der Waals surface area contributed by atoms with Gasteiger partial charge in [-0.3, -0.25) is 0 Å². The molecule has 1 aromatic carbocycles. The van der Waals surface area contributed by atoms with Crippen LogP contribution in [0.1, 0.15) is 42.6 Å². The van der Waals surface area contributed by atoms with Gasteiger partial charge in [-0.25, -0.2) is 4.79 Å². The lowest BCUT2D eigenvalue weighted by atomic mass is 9.83. The molecule has 0 unspecified atom stereocenters. The number of esters is 1. The molecular formula is C16H24NO3+. The van der Waals surface area contributed by atoms with Crippen LogP contribution in [0.15, 0.2) is 18.2 Å². The van der Waals surface area contributed by atoms with Crippen molar-refractivity contribution >= 4 is 5.97 Å². The minimum absolute atomic E-state index is 0.0188. The molecule has 0 spiro atoms. The normalized spacial score (nSPS) is 16.9. The van der Waals surface area contributed by atoms with Crippen LogP contribution in [0.25, 0.3) is 0 Å². The highest BCUT2D eigenvalue weighted by atomic mass is 16.6. The predicted molar refractivity (Wildman–Crippen MR) is 76.7 cm³/mol. The second kappa shape index (κ2) is 5.83. The number of nitrogens with two attached hydrogens (primary N) is 1. The van der Waals surface area contributed by atoms with Gasteiger partial charge >= 0.3 is 5.97 Å². The third kappa shape index (κ3) is 3.12. The molecule has 3 N–H and O–H groups in total. The number of carbonyl (C=O) groups excluding carboxylic acids is 1. The molecule has 0 amide bonds. The minimum atomic E-state index is -0.498. The topological polar surface area (TPSA) is 63.1 Å². The van der Waals surface area contributed by atoms with Gasteiger partial charge in [0.15, 0.2) is 0 Å². The molecule has 0 aromatic heterocycles. The van der Waals surface area contributed by atoms with Crippen LogP contribution in [0.4, 0.5) is 0 Å². The highest BCUT2D eigenvalue weighted by Crippen LogP contribution is 2.30. The van der Waals surface area contributed by atoms with E-state index in [0.29, 0.717) is 11.5 Å². The van der Waals surface area contributed by atoms with Crippen LogP contribution < -0.4 is 5.32 Å². The fourth-order valence-corrected chi connectivity index (χ4v) is 2.82. The lowest BCUT2D eigenvalue weighted by molar-refractivity contribution is -0.665. The van der Waals surface area contributed by atoms with E-state index in [1.165, 1.54) is 0 Å². The molecule has 0 aliphatic carbocycles. The summed E-state index contributed by atoms with van der Waals surface area (Å²) in [6, 6.07) is 5.14. The number of para-hydroxylation sites is 1. The molecule has 1 aromatic rings. The van der Waals surface area contributed by atoms with E-state index < -0.39 is 11.6 Å². The van der Waals surface area contributed by atoms with Crippen molar-refractivity contribution in [3.05, 3.63) is 29.3 Å². The van der Waals surface area contributed by atoms with E-state index >= 15 is 0 Å². The third-order valence-corrected chi connectivity index (χ3v) is 4.24. The van der Waals surface area contributed by atoms with Crippen molar-refractivity contribution in [2.75, 3.05) is 13.1 Å². The summed E-state index contributed by atoms with van der Waals surface area (Å²) < 4.78 is 5.69. The first-order chi connectivity index (χ1) is 9.42. The lowest BCUT2D eigenvalue weighted by Crippen LogP contribution is -2.86. The van der Waals surface area contributed by atoms with Crippen molar-refractivity contribution in [2.45, 2.75) is 39.2 Å². The molecule has 0 bridgehead atoms. The highest BCUT2D eigenvalue weighted by molar-refractivity contribution is 5.93. The van der Waals surface area contributed by atoms with E-state index in [1.54, 1.807) is 25.1 Å². The quantitative estimate of drug-likeness (QED) is 0.826. The number of piperidine rings is 1. The predicted octanol–water partition coefficient (Wildman–Crippen LogP) is 1.61. The zero-order valence-electron chi connectivity index (χ0n) is 12.5. The molecule has 1 aliphatic rings. The maximum Gasteiger partial charge on any atom is 0.342 e. The molecule has 1 aliphatic heterocycles. The first kappa shape index (κ1) is 14.9. The van der Waals surface area contributed by atoms with Crippen LogP contribution in [0.2, 0.25) is 0 Å². The number of hydrogen-bond donors (Lipinski definition) is 2. The highest BCUT2D eigenvalue weighted by Gasteiger charge is 2.36. The van der Waals surface area contributed by atoms with E-state index in [4.69, 9.17) is 4.74 Å². The maximum absolute atomic E-state index is 12.3. The molecule has 4 nitrogen and oxygen atoms in total. The molecule has 110 valence electrons. The van der Waals surface area contributed by atoms with Gasteiger partial charge in [0.1, 0.15) is 16.9 Å². The number of carbonyl (C=O) groups is 1. The molecule has 2 rings (SSSR count). The van der Waals surface area contributed by atoms with E-state index in [-0.39, 0.29) is 11.3 Å². The maximum atomic E-state index is 12.3. The second-order valence-electron chi connectivity index (χ2n) is 6.10. The first-order valence-corrected chi connectivity index (χ1v) is 7.25. The Morgan fingerprint density at radius 2 is 2.00 bits per heavy atom. The largest absolute Gasteiger partial charge is 0.507 e. The number of aromatic hydroxyl groups is 1. The Bertz CT molecular complexity index is 490. The van der Waals surface area contributed by atoms with E-state index in [1.807, 2.05) is 13.8 Å². The van der Waals surface area contributed by atoms with E-state index in [2.05, 4.69) is 5.32 Å². The fraction of sp³-hybridized carbons (Fsp3) is 0.562. The van der Waals surface area contributed by atoms with Gasteiger partial charge in [-0.2, -0.15) is 0 Å². The van der Waals surface area contributed by atoms with E-state index in [0.717, 1.165) is 25.9 Å². The second-order valence-corrected chi connectivity index (χ2v) is 6.10. The van der Waals surface area contributed by atoms with Crippen molar-refractivity contribution in [3.63, 3.8) is 0 Å². The summed E-state index contributed by atoms with van der Waals surface area (Å²) in [7, 11) is 0. The summed E-state index contributed by atoms with van der Waals surface area (Å²) in [6.45, 7) is 7.87. The molecule has 1 heterocycles. The van der Waals surface area contributed by atoms with Crippen molar-refractivity contribution in [3.8, 4) is 5.75 Å². The first-order valence-electron chi connectivity index (χ1n) is 7.25. The van der Waals surface area contributed by atoms with Gasteiger partial charge < -0.3 is 15.2 Å². The third-order valence-electron chi connectivity index (χ3n) is 4.24. The van der Waals surface area contributed by atoms with Crippen molar-refractivity contribution in [2.24, 2.45) is 5.92 Å². The van der Waals surface area contributed by atoms with Gasteiger partial charge in [0, 0.05) is 18.8 Å². The Morgan fingerprint density at radius 1 is 1.35 bits per heavy atom. The van der Waals surface area contributed by atoms with Gasteiger partial charge in [0.05, 0.1) is 13.1 Å². The number of ether oxygens (including phenoxy) is 1. The summed E-state index contributed by atoms with van der Waals surface area (Å²) in [6.07, 6.45) is 2.11. The van der Waals surface area contributed by atoms with Crippen LogP contribution in [-0.2, 0) is 4.74 Å². The Morgan fingerprint density at radius 3 is 2.65 bits per heavy atom. The number of phenolic OH excluding ortho intramolecular Hbond substituents is 1. The molecule has 0 radical (unpaired) electrons. The molecule has 4 heteroatoms. The van der Waals surface area contributed by atoms with E-state index in [9.17, 15) is 9.90 Å². The molecule has 1 saturated heterocycles. The van der Waals surface area contributed by atoms with Crippen molar-refractivity contribution < 1.29 is 20.0 Å². The summed E-state index contributed by atoms with van der Waals surface area (Å²) in [5.74, 6) is -0.0422. The monoisotopic (exact) mass is 278 g/mol. The van der Waals surface area contributed by atoms with Gasteiger partial charge in [-0.15, -0.1) is 0 Å². The average molecular weight is 278 g/mol. The Balaban J connectivity index is 2.11. The zero-order chi connectivity index (χ0) is 14.8. The van der Waals surface area contributed by atoms with Gasteiger partial charge in [-0.05, 0) is 32.4 Å². The average Bonchev–Trinajstić information content (AvgIpc) is 2.42. The van der Waals surface area contributed by atoms with Gasteiger partial charge in [-0.1, -0.05) is 12.1 Å². The van der Waals surface area contributed by atoms with Gasteiger partial charge in [0.2, 0.25) is 0 Å². The summed E-state index contributed by atoms with van der Waals surface area (Å²) in [4.78, 5) is 12.3. The Hall–Kier alpha value is -1.55. The standard InChI is InChI=1S/C16H23NO3/c1-11-5-4-6-13(14(11)18)15(19)20-16(2,3)12-7-9-17-10-8-12/h4-6,12,17-18H,7-10H2,1-3H3/p+1. The summed E-state index contributed by atoms with van der Waals surface area (Å²) in [5.41, 5.74) is 0.437. The molecular weight excluding hydrogens is 254 g/mol. The van der Waals surface area contributed by atoms with Crippen molar-refractivity contribution in [1.82, 2.24) is 0 Å². The van der Waals surface area contributed by atoms with Crippen LogP contribution in [0, 0.1) is 12.8 Å². The van der Waals surface area contributed by atoms with Crippen LogP contribution in [-0.4, -0.2) is 29.8 Å². The van der Waals surface area contributed by atoms with Crippen LogP contribution >= 0.6 is 0 Å². The van der Waals surface area contributed by atoms with Gasteiger partial charge in [0.25, 0.3) is 0 Å². The number of aryl methyl sites for hydroxylation is 1. The fourth-order valence-electron chi connectivity index (χ4n) is 2.82. The SMILES string of the molecule is Cc1cccc(C(=O)OC(C)(C)C2CC[NH2+]CC2)c1O. The smallest absolute Gasteiger partial charge is 0.342 e. The lowest BCUT2D eigenvalue weighted by Gasteiger charge is -2.35. The number of rotatable bonds is 3. The minimum Gasteiger partial charge on any atom is -0.507 e. The number of benzene rings is 1. The molecule has 20 heavy (non-hydrogen) atoms. The molecule has 1 fully saturated rings. The summed E-state index contributed by atoms with van der Waals surface area (Å²) in [5, 5.41) is 12.3. The van der Waals surface area contributed by atoms with Crippen molar-refractivity contribution in [1.29, 1.82) is 0 Å². The summed E-state index contributed by atoms with van der Waals surface area (Å²) >= 11 is 0. The zero-order valence-corrected chi connectivity index (χ0v) is 12.5. The Kier molecular flexibility index (Phi) is 4.33. The Labute approximate surface area is 120 Å². The number of phenols is 1.